The van der Waals surface area contributed by atoms with Gasteiger partial charge in [-0.2, -0.15) is 0 Å². The van der Waals surface area contributed by atoms with Gasteiger partial charge in [0.2, 0.25) is 0 Å². The number of rotatable bonds is 1. The summed E-state index contributed by atoms with van der Waals surface area (Å²) in [5.41, 5.74) is 2.21. The van der Waals surface area contributed by atoms with Crippen molar-refractivity contribution in [3.05, 3.63) is 35.4 Å². The highest BCUT2D eigenvalue weighted by Gasteiger charge is 2.01. The average molecular weight is 180 g/mol. The van der Waals surface area contributed by atoms with Crippen molar-refractivity contribution in [2.24, 2.45) is 5.84 Å². The van der Waals surface area contributed by atoms with Gasteiger partial charge in [0, 0.05) is 12.6 Å². The van der Waals surface area contributed by atoms with E-state index in [1.807, 2.05) is 31.2 Å². The van der Waals surface area contributed by atoms with Gasteiger partial charge in [-0.25, -0.2) is 5.84 Å². The number of aryl methyl sites for hydroxylation is 1. The largest absolute Gasteiger partial charge is 0.304 e. The normalized spacial score (nSPS) is 9.58. The first-order chi connectivity index (χ1) is 5.61. The van der Waals surface area contributed by atoms with Gasteiger partial charge < -0.3 is 5.01 Å². The van der Waals surface area contributed by atoms with Crippen LogP contribution < -0.4 is 5.84 Å². The molecule has 0 aliphatic rings. The average Bonchev–Trinajstić information content (AvgIpc) is 2.04. The van der Waals surface area contributed by atoms with Gasteiger partial charge in [-0.15, -0.1) is 0 Å². The third-order valence-corrected chi connectivity index (χ3v) is 2.14. The zero-order chi connectivity index (χ0) is 9.14. The molecule has 0 aromatic heterocycles. The van der Waals surface area contributed by atoms with E-state index in [2.05, 4.69) is 0 Å². The number of hydrazine groups is 1. The van der Waals surface area contributed by atoms with E-state index in [0.29, 0.717) is 4.99 Å². The molecule has 12 heavy (non-hydrogen) atoms. The Kier molecular flexibility index (Phi) is 2.78. The topological polar surface area (TPSA) is 29.3 Å². The third kappa shape index (κ3) is 2.03. The van der Waals surface area contributed by atoms with Crippen LogP contribution in [0.3, 0.4) is 0 Å². The molecular weight excluding hydrogens is 168 g/mol. The number of nitrogens with two attached hydrogens (primary N) is 1. The van der Waals surface area contributed by atoms with Crippen molar-refractivity contribution in [2.45, 2.75) is 6.92 Å². The third-order valence-electron chi connectivity index (χ3n) is 1.62. The van der Waals surface area contributed by atoms with Crippen LogP contribution in [0.2, 0.25) is 0 Å². The summed E-state index contributed by atoms with van der Waals surface area (Å²) in [5, 5.41) is 1.44. The zero-order valence-corrected chi connectivity index (χ0v) is 8.06. The lowest BCUT2D eigenvalue weighted by molar-refractivity contribution is 0.550. The highest BCUT2D eigenvalue weighted by Crippen LogP contribution is 2.05. The number of thiocarbonyl (C=S) groups is 1. The van der Waals surface area contributed by atoms with Crippen molar-refractivity contribution in [3.63, 3.8) is 0 Å². The monoisotopic (exact) mass is 180 g/mol. The summed E-state index contributed by atoms with van der Waals surface area (Å²) in [7, 11) is 1.74. The molecule has 0 saturated carbocycles. The van der Waals surface area contributed by atoms with Gasteiger partial charge in [0.1, 0.15) is 4.99 Å². The second-order valence-electron chi connectivity index (χ2n) is 2.78. The number of hydrogen-bond acceptors (Lipinski definition) is 2. The molecule has 1 rings (SSSR count). The molecule has 1 aromatic rings. The number of benzene rings is 1. The van der Waals surface area contributed by atoms with Crippen LogP contribution >= 0.6 is 12.2 Å². The summed E-state index contributed by atoms with van der Waals surface area (Å²) in [6.45, 7) is 2.04. The van der Waals surface area contributed by atoms with Crippen LogP contribution in [0.5, 0.6) is 0 Å². The van der Waals surface area contributed by atoms with Gasteiger partial charge in [0.05, 0.1) is 0 Å². The maximum atomic E-state index is 5.50. The van der Waals surface area contributed by atoms with Crippen molar-refractivity contribution in [1.29, 1.82) is 0 Å². The van der Waals surface area contributed by atoms with E-state index >= 15 is 0 Å². The van der Waals surface area contributed by atoms with Gasteiger partial charge >= 0.3 is 0 Å². The summed E-state index contributed by atoms with van der Waals surface area (Å²) >= 11 is 5.09. The van der Waals surface area contributed by atoms with Crippen molar-refractivity contribution in [2.75, 3.05) is 7.05 Å². The molecule has 0 fully saturated rings. The Balaban J connectivity index is 2.90. The molecule has 0 aliphatic carbocycles. The Bertz CT molecular complexity index is 277. The molecule has 0 saturated heterocycles. The predicted molar refractivity (Wildman–Crippen MR) is 54.8 cm³/mol. The lowest BCUT2D eigenvalue weighted by Gasteiger charge is -2.12. The van der Waals surface area contributed by atoms with E-state index in [1.54, 1.807) is 7.05 Å². The minimum Gasteiger partial charge on any atom is -0.304 e. The van der Waals surface area contributed by atoms with Crippen LogP contribution in [-0.4, -0.2) is 17.0 Å². The molecule has 3 heteroatoms. The molecule has 0 atom stereocenters. The van der Waals surface area contributed by atoms with E-state index < -0.39 is 0 Å². The minimum absolute atomic E-state index is 0.662. The molecule has 0 heterocycles. The predicted octanol–water partition coefficient (Wildman–Crippen LogP) is 1.48. The molecule has 0 bridgehead atoms. The summed E-state index contributed by atoms with van der Waals surface area (Å²) in [5.74, 6) is 5.50. The maximum absolute atomic E-state index is 5.50. The highest BCUT2D eigenvalue weighted by atomic mass is 32.1. The fourth-order valence-electron chi connectivity index (χ4n) is 0.900. The zero-order valence-electron chi connectivity index (χ0n) is 7.24. The van der Waals surface area contributed by atoms with Crippen molar-refractivity contribution < 1.29 is 0 Å². The van der Waals surface area contributed by atoms with Crippen LogP contribution in [-0.2, 0) is 0 Å². The lowest BCUT2D eigenvalue weighted by atomic mass is 10.1. The summed E-state index contributed by atoms with van der Waals surface area (Å²) in [6, 6.07) is 7.98. The smallest absolute Gasteiger partial charge is 0.122 e. The van der Waals surface area contributed by atoms with Crippen molar-refractivity contribution in [1.82, 2.24) is 5.01 Å². The summed E-state index contributed by atoms with van der Waals surface area (Å²) in [6.07, 6.45) is 0. The van der Waals surface area contributed by atoms with Crippen molar-refractivity contribution >= 4 is 17.2 Å². The molecule has 1 aromatic carbocycles. The van der Waals surface area contributed by atoms with Crippen LogP contribution in [0, 0.1) is 6.92 Å². The van der Waals surface area contributed by atoms with Crippen LogP contribution in [0.25, 0.3) is 0 Å². The minimum atomic E-state index is 0.662. The van der Waals surface area contributed by atoms with Gasteiger partial charge in [0.25, 0.3) is 0 Å². The van der Waals surface area contributed by atoms with Gasteiger partial charge in [-0.05, 0) is 6.92 Å². The summed E-state index contributed by atoms with van der Waals surface area (Å²) in [4.78, 5) is 0.662. The highest BCUT2D eigenvalue weighted by molar-refractivity contribution is 7.80. The Morgan fingerprint density at radius 2 is 1.83 bits per heavy atom. The standard InChI is InChI=1S/C9H12N2S/c1-7-3-5-8(6-4-7)9(12)11(2)10/h3-6H,10H2,1-2H3. The fraction of sp³-hybridized carbons (Fsp3) is 0.222. The summed E-state index contributed by atoms with van der Waals surface area (Å²) < 4.78 is 0. The van der Waals surface area contributed by atoms with E-state index in [9.17, 15) is 0 Å². The fourth-order valence-corrected chi connectivity index (χ4v) is 1.04. The molecule has 64 valence electrons. The second-order valence-corrected chi connectivity index (χ2v) is 3.17. The van der Waals surface area contributed by atoms with Gasteiger partial charge in [-0.1, -0.05) is 42.0 Å². The molecular formula is C9H12N2S. The first-order valence-electron chi connectivity index (χ1n) is 3.70. The van der Waals surface area contributed by atoms with Crippen LogP contribution in [0.1, 0.15) is 11.1 Å². The Morgan fingerprint density at radius 1 is 1.33 bits per heavy atom. The number of hydrogen-bond donors (Lipinski definition) is 1. The Labute approximate surface area is 78.0 Å². The first kappa shape index (κ1) is 9.16. The Morgan fingerprint density at radius 3 is 2.25 bits per heavy atom. The Hall–Kier alpha value is -0.930. The number of nitrogens with zero attached hydrogens (tertiary/aromatic N) is 1. The molecule has 0 unspecified atom stereocenters. The quantitative estimate of drug-likeness (QED) is 0.403. The lowest BCUT2D eigenvalue weighted by Crippen LogP contribution is -2.32. The molecule has 0 amide bonds. The first-order valence-corrected chi connectivity index (χ1v) is 4.11. The van der Waals surface area contributed by atoms with E-state index in [-0.39, 0.29) is 0 Å². The van der Waals surface area contributed by atoms with E-state index in [1.165, 1.54) is 10.6 Å². The second kappa shape index (κ2) is 3.65. The van der Waals surface area contributed by atoms with Crippen molar-refractivity contribution in [3.8, 4) is 0 Å². The van der Waals surface area contributed by atoms with Gasteiger partial charge in [-0.3, -0.25) is 0 Å². The molecule has 0 aliphatic heterocycles. The van der Waals surface area contributed by atoms with E-state index in [4.69, 9.17) is 18.1 Å². The van der Waals surface area contributed by atoms with Crippen LogP contribution in [0.4, 0.5) is 0 Å². The molecule has 2 nitrogen and oxygen atoms in total. The molecule has 0 spiro atoms. The molecule has 0 radical (unpaired) electrons. The SMILES string of the molecule is Cc1ccc(C(=S)N(C)N)cc1. The molecule has 2 N–H and O–H groups in total. The van der Waals surface area contributed by atoms with E-state index in [0.717, 1.165) is 5.56 Å². The van der Waals surface area contributed by atoms with Gasteiger partial charge in [0.15, 0.2) is 0 Å². The van der Waals surface area contributed by atoms with Crippen LogP contribution in [0.15, 0.2) is 24.3 Å². The maximum Gasteiger partial charge on any atom is 0.122 e.